The van der Waals surface area contributed by atoms with Gasteiger partial charge in [0.25, 0.3) is 0 Å². The summed E-state index contributed by atoms with van der Waals surface area (Å²) in [6.45, 7) is 0. The monoisotopic (exact) mass is 273 g/mol. The molecular weight excluding hydrogens is 260 g/mol. The highest BCUT2D eigenvalue weighted by atomic mass is 35.5. The van der Waals surface area contributed by atoms with Crippen molar-refractivity contribution in [2.24, 2.45) is 11.8 Å². The topological polar surface area (TPSA) is 12.0 Å². The Balaban J connectivity index is 1.81. The predicted molar refractivity (Wildman–Crippen MR) is 69.3 cm³/mol. The normalized spacial score (nSPS) is 30.9. The molecule has 1 nitrogen and oxygen atoms in total. The average Bonchev–Trinajstić information content (AvgIpc) is 2.84. The maximum Gasteiger partial charge on any atom is 0.126 e. The van der Waals surface area contributed by atoms with Gasteiger partial charge in [0.2, 0.25) is 0 Å². The van der Waals surface area contributed by atoms with Gasteiger partial charge in [-0.3, -0.25) is 0 Å². The van der Waals surface area contributed by atoms with E-state index in [9.17, 15) is 4.39 Å². The molecule has 0 aliphatic heterocycles. The van der Waals surface area contributed by atoms with E-state index in [2.05, 4.69) is 5.32 Å². The third-order valence-corrected chi connectivity index (χ3v) is 4.67. The number of anilines is 1. The molecule has 92 valence electrons. The van der Waals surface area contributed by atoms with Crippen molar-refractivity contribution in [3.8, 4) is 0 Å². The molecule has 4 heteroatoms. The molecule has 1 aromatic rings. The van der Waals surface area contributed by atoms with E-state index in [-0.39, 0.29) is 0 Å². The molecule has 0 radical (unpaired) electrons. The van der Waals surface area contributed by atoms with E-state index in [0.717, 1.165) is 11.8 Å². The van der Waals surface area contributed by atoms with Gasteiger partial charge in [-0.15, -0.1) is 0 Å². The molecule has 2 aliphatic rings. The predicted octanol–water partition coefficient (Wildman–Crippen LogP) is 4.73. The maximum absolute atomic E-state index is 13.1. The zero-order valence-electron chi connectivity index (χ0n) is 9.35. The first-order valence-corrected chi connectivity index (χ1v) is 6.80. The summed E-state index contributed by atoms with van der Waals surface area (Å²) in [5.74, 6) is 1.20. The van der Waals surface area contributed by atoms with Crippen LogP contribution in [-0.2, 0) is 0 Å². The fourth-order valence-corrected chi connectivity index (χ4v) is 3.86. The molecule has 3 unspecified atom stereocenters. The number of halogens is 3. The number of rotatable bonds is 2. The van der Waals surface area contributed by atoms with E-state index in [4.69, 9.17) is 23.2 Å². The first kappa shape index (κ1) is 11.6. The van der Waals surface area contributed by atoms with Crippen LogP contribution >= 0.6 is 23.2 Å². The lowest BCUT2D eigenvalue weighted by Crippen LogP contribution is -2.26. The van der Waals surface area contributed by atoms with Crippen molar-refractivity contribution in [1.29, 1.82) is 0 Å². The fraction of sp³-hybridized carbons (Fsp3) is 0.538. The van der Waals surface area contributed by atoms with Gasteiger partial charge in [0.05, 0.1) is 15.7 Å². The van der Waals surface area contributed by atoms with Crippen molar-refractivity contribution in [2.45, 2.75) is 31.7 Å². The molecular formula is C13H14Cl2FN. The van der Waals surface area contributed by atoms with E-state index in [1.165, 1.54) is 37.8 Å². The van der Waals surface area contributed by atoms with Crippen molar-refractivity contribution in [2.75, 3.05) is 5.32 Å². The van der Waals surface area contributed by atoms with Crippen LogP contribution in [0.25, 0.3) is 0 Å². The summed E-state index contributed by atoms with van der Waals surface area (Å²) >= 11 is 12.1. The second-order valence-electron chi connectivity index (χ2n) is 5.17. The highest BCUT2D eigenvalue weighted by Crippen LogP contribution is 2.46. The van der Waals surface area contributed by atoms with Gasteiger partial charge in [-0.05, 0) is 43.2 Å². The Labute approximate surface area is 110 Å². The lowest BCUT2D eigenvalue weighted by Gasteiger charge is -2.25. The number of hydrogen-bond donors (Lipinski definition) is 1. The number of benzene rings is 1. The zero-order chi connectivity index (χ0) is 12.0. The molecule has 17 heavy (non-hydrogen) atoms. The van der Waals surface area contributed by atoms with E-state index >= 15 is 0 Å². The van der Waals surface area contributed by atoms with Gasteiger partial charge >= 0.3 is 0 Å². The molecule has 2 fully saturated rings. The minimum Gasteiger partial charge on any atom is -0.380 e. The van der Waals surface area contributed by atoms with Crippen LogP contribution in [-0.4, -0.2) is 6.04 Å². The van der Waals surface area contributed by atoms with Gasteiger partial charge < -0.3 is 5.32 Å². The summed E-state index contributed by atoms with van der Waals surface area (Å²) in [5, 5.41) is 4.15. The largest absolute Gasteiger partial charge is 0.380 e. The molecule has 0 heterocycles. The molecule has 2 bridgehead atoms. The van der Waals surface area contributed by atoms with Crippen LogP contribution in [0, 0.1) is 17.7 Å². The Kier molecular flexibility index (Phi) is 2.95. The number of nitrogens with one attached hydrogen (secondary N) is 1. The lowest BCUT2D eigenvalue weighted by molar-refractivity contribution is 0.440. The first-order chi connectivity index (χ1) is 8.13. The van der Waals surface area contributed by atoms with E-state index in [1.54, 1.807) is 0 Å². The summed E-state index contributed by atoms with van der Waals surface area (Å²) in [6.07, 6.45) is 5.15. The van der Waals surface area contributed by atoms with Crippen LogP contribution in [0.5, 0.6) is 0 Å². The summed E-state index contributed by atoms with van der Waals surface area (Å²) in [5.41, 5.74) is 0.687. The van der Waals surface area contributed by atoms with Crippen LogP contribution in [0.15, 0.2) is 12.1 Å². The van der Waals surface area contributed by atoms with Gasteiger partial charge in [0.1, 0.15) is 5.82 Å². The Morgan fingerprint density at radius 1 is 1.12 bits per heavy atom. The minimum atomic E-state index is -0.390. The summed E-state index contributed by atoms with van der Waals surface area (Å²) in [4.78, 5) is 0. The second-order valence-corrected chi connectivity index (χ2v) is 5.98. The smallest absolute Gasteiger partial charge is 0.126 e. The lowest BCUT2D eigenvalue weighted by atomic mass is 9.95. The SMILES string of the molecule is Fc1cc(Cl)c(NC2CC3CCC2C3)c(Cl)c1. The Morgan fingerprint density at radius 3 is 2.35 bits per heavy atom. The third kappa shape index (κ3) is 2.13. The summed E-state index contributed by atoms with van der Waals surface area (Å²) < 4.78 is 13.1. The number of hydrogen-bond acceptors (Lipinski definition) is 1. The van der Waals surface area contributed by atoms with E-state index in [1.807, 2.05) is 0 Å². The molecule has 0 saturated heterocycles. The molecule has 0 amide bonds. The van der Waals surface area contributed by atoms with Crippen LogP contribution in [0.3, 0.4) is 0 Å². The highest BCUT2D eigenvalue weighted by Gasteiger charge is 2.39. The Morgan fingerprint density at radius 2 is 1.82 bits per heavy atom. The van der Waals surface area contributed by atoms with Crippen LogP contribution in [0.1, 0.15) is 25.7 Å². The zero-order valence-corrected chi connectivity index (χ0v) is 10.9. The van der Waals surface area contributed by atoms with Crippen LogP contribution in [0.4, 0.5) is 10.1 Å². The van der Waals surface area contributed by atoms with E-state index < -0.39 is 5.82 Å². The second kappa shape index (κ2) is 4.33. The maximum atomic E-state index is 13.1. The highest BCUT2D eigenvalue weighted by molar-refractivity contribution is 6.39. The molecule has 2 saturated carbocycles. The van der Waals surface area contributed by atoms with Crippen molar-refractivity contribution < 1.29 is 4.39 Å². The van der Waals surface area contributed by atoms with Gasteiger partial charge in [-0.1, -0.05) is 29.6 Å². The molecule has 0 aromatic heterocycles. The molecule has 1 N–H and O–H groups in total. The number of fused-ring (bicyclic) bond motifs is 2. The van der Waals surface area contributed by atoms with Gasteiger partial charge in [0.15, 0.2) is 0 Å². The molecule has 3 atom stereocenters. The van der Waals surface area contributed by atoms with Gasteiger partial charge in [0, 0.05) is 6.04 Å². The third-order valence-electron chi connectivity index (χ3n) is 4.07. The molecule has 2 aliphatic carbocycles. The van der Waals surface area contributed by atoms with Gasteiger partial charge in [-0.2, -0.15) is 0 Å². The first-order valence-electron chi connectivity index (χ1n) is 6.04. The summed E-state index contributed by atoms with van der Waals surface area (Å²) in [7, 11) is 0. The van der Waals surface area contributed by atoms with E-state index in [0.29, 0.717) is 21.8 Å². The molecule has 3 rings (SSSR count). The molecule has 0 spiro atoms. The quantitative estimate of drug-likeness (QED) is 0.821. The summed E-state index contributed by atoms with van der Waals surface area (Å²) in [6, 6.07) is 3.07. The van der Waals surface area contributed by atoms with Crippen LogP contribution < -0.4 is 5.32 Å². The fourth-order valence-electron chi connectivity index (χ4n) is 3.29. The molecule has 1 aromatic carbocycles. The minimum absolute atomic E-state index is 0.373. The Hall–Kier alpha value is -0.470. The average molecular weight is 274 g/mol. The van der Waals surface area contributed by atoms with Gasteiger partial charge in [-0.25, -0.2) is 4.39 Å². The van der Waals surface area contributed by atoms with Crippen molar-refractivity contribution in [1.82, 2.24) is 0 Å². The van der Waals surface area contributed by atoms with Crippen molar-refractivity contribution in [3.05, 3.63) is 28.0 Å². The Bertz CT molecular complexity index is 426. The van der Waals surface area contributed by atoms with Crippen molar-refractivity contribution in [3.63, 3.8) is 0 Å². The van der Waals surface area contributed by atoms with Crippen molar-refractivity contribution >= 4 is 28.9 Å². The standard InChI is InChI=1S/C13H14Cl2FN/c14-10-5-9(16)6-11(15)13(10)17-12-4-7-1-2-8(12)3-7/h5-8,12,17H,1-4H2. The van der Waals surface area contributed by atoms with Crippen LogP contribution in [0.2, 0.25) is 10.0 Å².